The highest BCUT2D eigenvalue weighted by atomic mass is 32.2. The maximum atomic E-state index is 13.1. The van der Waals surface area contributed by atoms with Crippen LogP contribution < -0.4 is 0 Å². The van der Waals surface area contributed by atoms with E-state index in [9.17, 15) is 30.8 Å². The molecule has 5 nitrogen and oxygen atoms in total. The number of rotatable bonds is 3. The molecule has 0 radical (unpaired) electrons. The number of aliphatic carboxylic acids is 1. The summed E-state index contributed by atoms with van der Waals surface area (Å²) in [6.45, 7) is -0.493. The molecule has 1 saturated heterocycles. The fraction of sp³-hybridized carbons (Fsp3) is 0.462. The smallest absolute Gasteiger partial charge is 0.417 e. The topological polar surface area (TPSA) is 74.7 Å². The van der Waals surface area contributed by atoms with Crippen molar-refractivity contribution in [3.05, 3.63) is 29.6 Å². The van der Waals surface area contributed by atoms with Crippen LogP contribution in [0.2, 0.25) is 0 Å². The molecule has 1 atom stereocenters. The number of piperidine rings is 1. The Morgan fingerprint density at radius 1 is 1.30 bits per heavy atom. The second-order valence-electron chi connectivity index (χ2n) is 5.18. The van der Waals surface area contributed by atoms with E-state index in [2.05, 4.69) is 0 Å². The lowest BCUT2D eigenvalue weighted by Gasteiger charge is -2.30. The lowest BCUT2D eigenvalue weighted by atomic mass is 10.0. The Bertz CT molecular complexity index is 717. The molecule has 23 heavy (non-hydrogen) atoms. The molecule has 1 heterocycles. The van der Waals surface area contributed by atoms with E-state index in [1.807, 2.05) is 0 Å². The van der Waals surface area contributed by atoms with Crippen LogP contribution in [-0.2, 0) is 21.0 Å². The maximum absolute atomic E-state index is 13.1. The molecule has 0 aromatic heterocycles. The number of sulfonamides is 1. The first-order chi connectivity index (χ1) is 10.5. The van der Waals surface area contributed by atoms with Crippen molar-refractivity contribution in [2.24, 2.45) is 5.92 Å². The summed E-state index contributed by atoms with van der Waals surface area (Å²) >= 11 is 0. The number of carboxylic acids is 1. The number of carbonyl (C=O) groups is 1. The minimum absolute atomic E-state index is 0.0826. The van der Waals surface area contributed by atoms with Crippen molar-refractivity contribution in [3.63, 3.8) is 0 Å². The Morgan fingerprint density at radius 3 is 2.52 bits per heavy atom. The molecule has 1 unspecified atom stereocenters. The van der Waals surface area contributed by atoms with Gasteiger partial charge in [0.1, 0.15) is 5.82 Å². The summed E-state index contributed by atoms with van der Waals surface area (Å²) in [5.41, 5.74) is -1.60. The first-order valence-corrected chi connectivity index (χ1v) is 8.07. The van der Waals surface area contributed by atoms with Gasteiger partial charge in [-0.2, -0.15) is 17.5 Å². The normalized spacial score (nSPS) is 20.4. The maximum Gasteiger partial charge on any atom is 0.417 e. The zero-order valence-electron chi connectivity index (χ0n) is 11.7. The number of nitrogens with zero attached hydrogens (tertiary/aromatic N) is 1. The highest BCUT2D eigenvalue weighted by molar-refractivity contribution is 7.89. The molecule has 1 N–H and O–H groups in total. The van der Waals surface area contributed by atoms with Crippen LogP contribution in [0.25, 0.3) is 0 Å². The van der Waals surface area contributed by atoms with E-state index in [0.29, 0.717) is 16.4 Å². The van der Waals surface area contributed by atoms with Gasteiger partial charge in [0.25, 0.3) is 0 Å². The van der Waals surface area contributed by atoms with Gasteiger partial charge in [-0.05, 0) is 31.0 Å². The van der Waals surface area contributed by atoms with Gasteiger partial charge >= 0.3 is 12.1 Å². The fourth-order valence-corrected chi connectivity index (χ4v) is 4.17. The standard InChI is InChI=1S/C13H13F4NO4S/c14-9-3-4-11(10(6-9)13(15,16)17)23(21,22)18-5-1-2-8(7-18)12(19)20/h3-4,6,8H,1-2,5,7H2,(H,19,20). The lowest BCUT2D eigenvalue weighted by Crippen LogP contribution is -2.42. The first-order valence-electron chi connectivity index (χ1n) is 6.63. The molecule has 1 aliphatic heterocycles. The van der Waals surface area contributed by atoms with Crippen LogP contribution in [0.5, 0.6) is 0 Å². The van der Waals surface area contributed by atoms with E-state index >= 15 is 0 Å². The van der Waals surface area contributed by atoms with Gasteiger partial charge in [0.15, 0.2) is 0 Å². The van der Waals surface area contributed by atoms with E-state index < -0.39 is 50.9 Å². The van der Waals surface area contributed by atoms with Crippen LogP contribution >= 0.6 is 0 Å². The summed E-state index contributed by atoms with van der Waals surface area (Å²) in [6, 6.07) is 1.30. The zero-order chi connectivity index (χ0) is 17.4. The molecular weight excluding hydrogens is 342 g/mol. The molecule has 1 aromatic rings. The number of hydrogen-bond donors (Lipinski definition) is 1. The monoisotopic (exact) mass is 355 g/mol. The van der Waals surface area contributed by atoms with Crippen LogP contribution in [0.3, 0.4) is 0 Å². The van der Waals surface area contributed by atoms with Gasteiger partial charge in [0.05, 0.1) is 16.4 Å². The highest BCUT2D eigenvalue weighted by Crippen LogP contribution is 2.36. The van der Waals surface area contributed by atoms with Gasteiger partial charge < -0.3 is 5.11 Å². The van der Waals surface area contributed by atoms with E-state index in [-0.39, 0.29) is 25.5 Å². The molecule has 0 aliphatic carbocycles. The van der Waals surface area contributed by atoms with Crippen molar-refractivity contribution in [2.75, 3.05) is 13.1 Å². The highest BCUT2D eigenvalue weighted by Gasteiger charge is 2.41. The molecule has 2 rings (SSSR count). The number of benzene rings is 1. The minimum atomic E-state index is -5.05. The molecule has 1 fully saturated rings. The van der Waals surface area contributed by atoms with Gasteiger partial charge in [-0.25, -0.2) is 12.8 Å². The van der Waals surface area contributed by atoms with Crippen molar-refractivity contribution in [3.8, 4) is 0 Å². The van der Waals surface area contributed by atoms with Crippen LogP contribution in [0.15, 0.2) is 23.1 Å². The fourth-order valence-electron chi connectivity index (χ4n) is 2.45. The summed E-state index contributed by atoms with van der Waals surface area (Å²) in [5.74, 6) is -3.40. The number of halogens is 4. The average molecular weight is 355 g/mol. The third-order valence-electron chi connectivity index (χ3n) is 3.60. The Balaban J connectivity index is 2.46. The Hall–Kier alpha value is -1.68. The summed E-state index contributed by atoms with van der Waals surface area (Å²) < 4.78 is 77.6. The summed E-state index contributed by atoms with van der Waals surface area (Å²) in [4.78, 5) is 9.91. The van der Waals surface area contributed by atoms with Gasteiger partial charge in [-0.15, -0.1) is 0 Å². The van der Waals surface area contributed by atoms with Crippen molar-refractivity contribution in [1.82, 2.24) is 4.31 Å². The molecule has 0 bridgehead atoms. The van der Waals surface area contributed by atoms with Crippen LogP contribution in [0.1, 0.15) is 18.4 Å². The first kappa shape index (κ1) is 17.7. The lowest BCUT2D eigenvalue weighted by molar-refractivity contribution is -0.143. The van der Waals surface area contributed by atoms with Crippen LogP contribution in [0.4, 0.5) is 17.6 Å². The molecule has 0 amide bonds. The summed E-state index contributed by atoms with van der Waals surface area (Å²) in [5, 5.41) is 8.96. The predicted molar refractivity (Wildman–Crippen MR) is 70.5 cm³/mol. The Morgan fingerprint density at radius 2 is 1.96 bits per heavy atom. The van der Waals surface area contributed by atoms with E-state index in [1.54, 1.807) is 0 Å². The van der Waals surface area contributed by atoms with Crippen molar-refractivity contribution in [2.45, 2.75) is 23.9 Å². The molecule has 1 aromatic carbocycles. The van der Waals surface area contributed by atoms with Crippen molar-refractivity contribution >= 4 is 16.0 Å². The number of carboxylic acid groups (broad SMARTS) is 1. The largest absolute Gasteiger partial charge is 0.481 e. The van der Waals surface area contributed by atoms with Crippen molar-refractivity contribution in [1.29, 1.82) is 0 Å². The minimum Gasteiger partial charge on any atom is -0.481 e. The molecule has 0 spiro atoms. The number of alkyl halides is 3. The zero-order valence-corrected chi connectivity index (χ0v) is 12.5. The van der Waals surface area contributed by atoms with Gasteiger partial charge in [0, 0.05) is 13.1 Å². The molecule has 0 saturated carbocycles. The Labute approximate surface area is 129 Å². The summed E-state index contributed by atoms with van der Waals surface area (Å²) in [6.07, 6.45) is -4.58. The third-order valence-corrected chi connectivity index (χ3v) is 5.52. The van der Waals surface area contributed by atoms with Gasteiger partial charge in [-0.3, -0.25) is 4.79 Å². The number of hydrogen-bond acceptors (Lipinski definition) is 3. The third kappa shape index (κ3) is 3.63. The van der Waals surface area contributed by atoms with Crippen molar-refractivity contribution < 1.29 is 35.9 Å². The van der Waals surface area contributed by atoms with Gasteiger partial charge in [0.2, 0.25) is 10.0 Å². The molecule has 1 aliphatic rings. The van der Waals surface area contributed by atoms with E-state index in [4.69, 9.17) is 5.11 Å². The predicted octanol–water partition coefficient (Wildman–Crippen LogP) is 2.33. The summed E-state index contributed by atoms with van der Waals surface area (Å²) in [7, 11) is -4.58. The second kappa shape index (κ2) is 6.08. The van der Waals surface area contributed by atoms with Crippen LogP contribution in [0, 0.1) is 11.7 Å². The van der Waals surface area contributed by atoms with Gasteiger partial charge in [-0.1, -0.05) is 0 Å². The average Bonchev–Trinajstić information content (AvgIpc) is 2.46. The molecular formula is C13H13F4NO4S. The van der Waals surface area contributed by atoms with E-state index in [0.717, 1.165) is 0 Å². The quantitative estimate of drug-likeness (QED) is 0.845. The SMILES string of the molecule is O=C(O)C1CCCN(S(=O)(=O)c2ccc(F)cc2C(F)(F)F)C1. The molecule has 10 heteroatoms. The van der Waals surface area contributed by atoms with Crippen LogP contribution in [-0.4, -0.2) is 36.9 Å². The second-order valence-corrected chi connectivity index (χ2v) is 7.09. The molecule has 128 valence electrons. The van der Waals surface area contributed by atoms with E-state index in [1.165, 1.54) is 0 Å². The Kier molecular flexibility index (Phi) is 4.67.